The lowest BCUT2D eigenvalue weighted by molar-refractivity contribution is 0.572. The van der Waals surface area contributed by atoms with Gasteiger partial charge in [0, 0.05) is 18.4 Å². The van der Waals surface area contributed by atoms with Crippen LogP contribution in [0.2, 0.25) is 0 Å². The first kappa shape index (κ1) is 24.9. The maximum atomic E-state index is 11.8. The molecule has 0 aliphatic rings. The normalized spacial score (nSPS) is 11.6. The minimum absolute atomic E-state index is 0. The fraction of sp³-hybridized carbons (Fsp3) is 0.273. The monoisotopic (exact) mass is 554 g/mol. The van der Waals surface area contributed by atoms with E-state index in [1.807, 2.05) is 43.3 Å². The van der Waals surface area contributed by atoms with Gasteiger partial charge in [0.25, 0.3) is 0 Å². The molecule has 0 unspecified atom stereocenters. The van der Waals surface area contributed by atoms with Crippen molar-refractivity contribution in [1.29, 1.82) is 0 Å². The Balaban J connectivity index is 0.00000341. The molecule has 9 heteroatoms. The van der Waals surface area contributed by atoms with E-state index in [9.17, 15) is 8.42 Å². The number of nitrogens with one attached hydrogen (secondary N) is 2. The minimum atomic E-state index is -3.22. The SMILES string of the molecule is CCNC(=NCc1ccc(S(C)(=O)=O)c(C)c1)NCc1coc(-c2ccccc2)n1.I. The lowest BCUT2D eigenvalue weighted by atomic mass is 10.1. The van der Waals surface area contributed by atoms with Gasteiger partial charge in [0.05, 0.1) is 23.7 Å². The molecule has 166 valence electrons. The predicted molar refractivity (Wildman–Crippen MR) is 133 cm³/mol. The summed E-state index contributed by atoms with van der Waals surface area (Å²) >= 11 is 0. The number of aromatic nitrogens is 1. The molecule has 2 N–H and O–H groups in total. The van der Waals surface area contributed by atoms with E-state index in [1.54, 1.807) is 25.3 Å². The molecule has 3 rings (SSSR count). The maximum Gasteiger partial charge on any atom is 0.226 e. The number of oxazole rings is 1. The van der Waals surface area contributed by atoms with E-state index in [1.165, 1.54) is 6.26 Å². The summed E-state index contributed by atoms with van der Waals surface area (Å²) in [5.41, 5.74) is 3.36. The Morgan fingerprint density at radius 2 is 1.87 bits per heavy atom. The first-order valence-corrected chi connectivity index (χ1v) is 11.6. The molecule has 1 heterocycles. The summed E-state index contributed by atoms with van der Waals surface area (Å²) in [4.78, 5) is 9.44. The number of nitrogens with zero attached hydrogens (tertiary/aromatic N) is 2. The molecule has 2 aromatic carbocycles. The summed E-state index contributed by atoms with van der Waals surface area (Å²) in [6, 6.07) is 15.0. The highest BCUT2D eigenvalue weighted by molar-refractivity contribution is 14.0. The number of hydrogen-bond donors (Lipinski definition) is 2. The second-order valence-electron chi connectivity index (χ2n) is 6.93. The lowest BCUT2D eigenvalue weighted by Gasteiger charge is -2.10. The second-order valence-corrected chi connectivity index (χ2v) is 8.91. The van der Waals surface area contributed by atoms with Crippen molar-refractivity contribution in [3.8, 4) is 11.5 Å². The summed E-state index contributed by atoms with van der Waals surface area (Å²) in [7, 11) is -3.22. The first-order valence-electron chi connectivity index (χ1n) is 9.68. The number of hydrogen-bond acceptors (Lipinski definition) is 5. The van der Waals surface area contributed by atoms with Crippen LogP contribution < -0.4 is 10.6 Å². The zero-order valence-electron chi connectivity index (χ0n) is 17.8. The van der Waals surface area contributed by atoms with E-state index in [-0.39, 0.29) is 24.0 Å². The molecule has 0 bridgehead atoms. The maximum absolute atomic E-state index is 11.8. The Kier molecular flexibility index (Phi) is 9.05. The van der Waals surface area contributed by atoms with Gasteiger partial charge in [-0.3, -0.25) is 0 Å². The van der Waals surface area contributed by atoms with E-state index >= 15 is 0 Å². The molecule has 0 aliphatic carbocycles. The van der Waals surface area contributed by atoms with Gasteiger partial charge in [-0.1, -0.05) is 30.3 Å². The molecule has 0 radical (unpaired) electrons. The number of aliphatic imine (C=N–C) groups is 1. The standard InChI is InChI=1S/C22H26N4O3S.HI/c1-4-23-22(24-13-17-10-11-20(16(2)12-17)30(3,27)28)25-14-19-15-29-21(26-19)18-8-6-5-7-9-18;/h5-12,15H,4,13-14H2,1-3H3,(H2,23,24,25);1H. The highest BCUT2D eigenvalue weighted by Gasteiger charge is 2.11. The molecule has 3 aromatic rings. The van der Waals surface area contributed by atoms with Gasteiger partial charge in [0.15, 0.2) is 15.8 Å². The molecule has 0 saturated heterocycles. The molecule has 0 fully saturated rings. The summed E-state index contributed by atoms with van der Waals surface area (Å²) in [6.07, 6.45) is 2.85. The molecule has 0 atom stereocenters. The second kappa shape index (κ2) is 11.3. The molecule has 1 aromatic heterocycles. The Hall–Kier alpha value is -2.40. The number of benzene rings is 2. The Morgan fingerprint density at radius 1 is 1.13 bits per heavy atom. The van der Waals surface area contributed by atoms with Crippen LogP contribution in [0.25, 0.3) is 11.5 Å². The van der Waals surface area contributed by atoms with Crippen LogP contribution in [0.1, 0.15) is 23.7 Å². The fourth-order valence-electron chi connectivity index (χ4n) is 3.01. The third kappa shape index (κ3) is 7.06. The number of aryl methyl sites for hydroxylation is 1. The van der Waals surface area contributed by atoms with Crippen LogP contribution in [0, 0.1) is 6.92 Å². The highest BCUT2D eigenvalue weighted by Crippen LogP contribution is 2.18. The number of halogens is 1. The van der Waals surface area contributed by atoms with E-state index < -0.39 is 9.84 Å². The van der Waals surface area contributed by atoms with Crippen LogP contribution in [0.5, 0.6) is 0 Å². The van der Waals surface area contributed by atoms with Crippen molar-refractivity contribution in [2.45, 2.75) is 31.8 Å². The van der Waals surface area contributed by atoms with E-state index in [0.717, 1.165) is 22.4 Å². The molecular formula is C22H27IN4O3S. The Bertz CT molecular complexity index is 1130. The van der Waals surface area contributed by atoms with E-state index in [2.05, 4.69) is 20.6 Å². The van der Waals surface area contributed by atoms with Crippen molar-refractivity contribution in [1.82, 2.24) is 15.6 Å². The summed E-state index contributed by atoms with van der Waals surface area (Å²) in [6.45, 7) is 5.39. The van der Waals surface area contributed by atoms with Gasteiger partial charge < -0.3 is 15.1 Å². The third-order valence-corrected chi connectivity index (χ3v) is 5.67. The quantitative estimate of drug-likeness (QED) is 0.261. The van der Waals surface area contributed by atoms with Crippen LogP contribution in [0.3, 0.4) is 0 Å². The molecule has 0 saturated carbocycles. The summed E-state index contributed by atoms with van der Waals surface area (Å²) in [5, 5.41) is 6.44. The van der Waals surface area contributed by atoms with Crippen molar-refractivity contribution in [3.05, 3.63) is 71.6 Å². The fourth-order valence-corrected chi connectivity index (χ4v) is 3.97. The van der Waals surface area contributed by atoms with Crippen LogP contribution >= 0.6 is 24.0 Å². The van der Waals surface area contributed by atoms with Gasteiger partial charge in [-0.15, -0.1) is 24.0 Å². The van der Waals surface area contributed by atoms with Crippen LogP contribution in [0.4, 0.5) is 0 Å². The highest BCUT2D eigenvalue weighted by atomic mass is 127. The minimum Gasteiger partial charge on any atom is -0.444 e. The molecule has 7 nitrogen and oxygen atoms in total. The van der Waals surface area contributed by atoms with Gasteiger partial charge >= 0.3 is 0 Å². The van der Waals surface area contributed by atoms with E-state index in [4.69, 9.17) is 4.42 Å². The van der Waals surface area contributed by atoms with Crippen molar-refractivity contribution in [3.63, 3.8) is 0 Å². The predicted octanol–water partition coefficient (Wildman–Crippen LogP) is 3.93. The van der Waals surface area contributed by atoms with Gasteiger partial charge in [-0.2, -0.15) is 0 Å². The average Bonchev–Trinajstić information content (AvgIpc) is 3.19. The third-order valence-electron chi connectivity index (χ3n) is 4.41. The van der Waals surface area contributed by atoms with Crippen molar-refractivity contribution in [2.75, 3.05) is 12.8 Å². The molecule has 0 aliphatic heterocycles. The van der Waals surface area contributed by atoms with Crippen molar-refractivity contribution in [2.24, 2.45) is 4.99 Å². The average molecular weight is 554 g/mol. The largest absolute Gasteiger partial charge is 0.444 e. The van der Waals surface area contributed by atoms with Crippen LogP contribution in [0.15, 0.2) is 69.1 Å². The summed E-state index contributed by atoms with van der Waals surface area (Å²) in [5.74, 6) is 1.22. The van der Waals surface area contributed by atoms with Crippen LogP contribution in [-0.4, -0.2) is 32.2 Å². The van der Waals surface area contributed by atoms with Crippen LogP contribution in [-0.2, 0) is 22.9 Å². The Labute approximate surface area is 200 Å². The first-order chi connectivity index (χ1) is 14.4. The number of sulfone groups is 1. The Morgan fingerprint density at radius 3 is 2.52 bits per heavy atom. The van der Waals surface area contributed by atoms with Crippen molar-refractivity contribution < 1.29 is 12.8 Å². The van der Waals surface area contributed by atoms with E-state index in [0.29, 0.717) is 36.4 Å². The summed E-state index contributed by atoms with van der Waals surface area (Å²) < 4.78 is 29.1. The smallest absolute Gasteiger partial charge is 0.226 e. The lowest BCUT2D eigenvalue weighted by Crippen LogP contribution is -2.36. The van der Waals surface area contributed by atoms with Gasteiger partial charge in [-0.05, 0) is 43.2 Å². The zero-order valence-corrected chi connectivity index (χ0v) is 20.9. The number of rotatable bonds is 7. The van der Waals surface area contributed by atoms with Gasteiger partial charge in [0.2, 0.25) is 5.89 Å². The van der Waals surface area contributed by atoms with Gasteiger partial charge in [-0.25, -0.2) is 18.4 Å². The topological polar surface area (TPSA) is 96.6 Å². The molecule has 0 spiro atoms. The molecular weight excluding hydrogens is 527 g/mol. The van der Waals surface area contributed by atoms with Crippen molar-refractivity contribution >= 4 is 39.8 Å². The molecule has 31 heavy (non-hydrogen) atoms. The number of guanidine groups is 1. The van der Waals surface area contributed by atoms with Gasteiger partial charge in [0.1, 0.15) is 6.26 Å². The zero-order chi connectivity index (χ0) is 21.6. The molecule has 0 amide bonds.